The molecule has 3 rings (SSSR count). The second kappa shape index (κ2) is 8.81. The summed E-state index contributed by atoms with van der Waals surface area (Å²) in [7, 11) is 1.68. The number of hydrogen-bond acceptors (Lipinski definition) is 3. The molecule has 0 heterocycles. The molecule has 3 aromatic carbocycles. The first-order valence-corrected chi connectivity index (χ1v) is 8.88. The summed E-state index contributed by atoms with van der Waals surface area (Å²) in [6, 6.07) is 21.2. The maximum absolute atomic E-state index is 13.7. The smallest absolute Gasteiger partial charge is 0.255 e. The Morgan fingerprint density at radius 1 is 0.966 bits per heavy atom. The van der Waals surface area contributed by atoms with Crippen LogP contribution in [0.1, 0.15) is 31.8 Å². The summed E-state index contributed by atoms with van der Waals surface area (Å²) in [6.07, 6.45) is 0. The molecule has 0 aromatic heterocycles. The van der Waals surface area contributed by atoms with Crippen molar-refractivity contribution in [1.82, 2.24) is 4.90 Å². The Kier molecular flexibility index (Phi) is 6.00. The Bertz CT molecular complexity index is 1070. The predicted molar refractivity (Wildman–Crippen MR) is 108 cm³/mol. The first-order valence-electron chi connectivity index (χ1n) is 8.88. The van der Waals surface area contributed by atoms with Crippen molar-refractivity contribution in [3.8, 4) is 6.07 Å². The number of hydrogen-bond donors (Lipinski definition) is 1. The fourth-order valence-electron chi connectivity index (χ4n) is 2.77. The zero-order valence-corrected chi connectivity index (χ0v) is 15.7. The average molecular weight is 387 g/mol. The molecule has 0 aliphatic heterocycles. The van der Waals surface area contributed by atoms with Crippen LogP contribution in [0.4, 0.5) is 10.1 Å². The molecule has 0 aliphatic carbocycles. The third-order valence-electron chi connectivity index (χ3n) is 4.37. The van der Waals surface area contributed by atoms with Gasteiger partial charge in [0.05, 0.1) is 17.3 Å². The van der Waals surface area contributed by atoms with Crippen molar-refractivity contribution in [2.24, 2.45) is 0 Å². The molecule has 0 unspecified atom stereocenters. The largest absolute Gasteiger partial charge is 0.337 e. The van der Waals surface area contributed by atoms with Gasteiger partial charge < -0.3 is 10.2 Å². The molecule has 6 heteroatoms. The van der Waals surface area contributed by atoms with Gasteiger partial charge in [-0.15, -0.1) is 0 Å². The number of halogens is 1. The van der Waals surface area contributed by atoms with E-state index < -0.39 is 11.7 Å². The molecule has 5 nitrogen and oxygen atoms in total. The van der Waals surface area contributed by atoms with Crippen molar-refractivity contribution < 1.29 is 14.0 Å². The highest BCUT2D eigenvalue weighted by Crippen LogP contribution is 2.15. The van der Waals surface area contributed by atoms with E-state index in [1.165, 1.54) is 24.3 Å². The minimum atomic E-state index is -0.517. The van der Waals surface area contributed by atoms with Gasteiger partial charge in [0.1, 0.15) is 5.82 Å². The molecule has 0 aliphatic rings. The normalized spacial score (nSPS) is 10.1. The van der Waals surface area contributed by atoms with Crippen LogP contribution in [0.2, 0.25) is 0 Å². The molecule has 29 heavy (non-hydrogen) atoms. The topological polar surface area (TPSA) is 73.2 Å². The fraction of sp³-hybridized carbons (Fsp3) is 0.0870. The summed E-state index contributed by atoms with van der Waals surface area (Å²) in [5, 5.41) is 11.4. The third-order valence-corrected chi connectivity index (χ3v) is 4.37. The maximum atomic E-state index is 13.7. The second-order valence-electron chi connectivity index (χ2n) is 6.48. The van der Waals surface area contributed by atoms with Crippen LogP contribution >= 0.6 is 0 Å². The first kappa shape index (κ1) is 19.8. The van der Waals surface area contributed by atoms with Crippen molar-refractivity contribution in [2.45, 2.75) is 6.54 Å². The van der Waals surface area contributed by atoms with Gasteiger partial charge in [0.15, 0.2) is 0 Å². The lowest BCUT2D eigenvalue weighted by molar-refractivity contribution is 0.0784. The van der Waals surface area contributed by atoms with Crippen LogP contribution in [0, 0.1) is 17.1 Å². The lowest BCUT2D eigenvalue weighted by Crippen LogP contribution is -2.26. The predicted octanol–water partition coefficient (Wildman–Crippen LogP) is 4.22. The molecule has 0 atom stereocenters. The Morgan fingerprint density at radius 3 is 2.21 bits per heavy atom. The lowest BCUT2D eigenvalue weighted by atomic mass is 10.1. The highest BCUT2D eigenvalue weighted by molar-refractivity contribution is 6.05. The Labute approximate surface area is 168 Å². The van der Waals surface area contributed by atoms with Crippen LogP contribution in [0.3, 0.4) is 0 Å². The molecule has 0 fully saturated rings. The standard InChI is InChI=1S/C23H18FN3O2/c1-27(15-17-8-6-16(14-25)7-9-17)23(29)19-12-10-18(11-13-19)22(28)26-21-5-3-2-4-20(21)24/h2-13H,15H2,1H3,(H,26,28). The van der Waals surface area contributed by atoms with Gasteiger partial charge in [-0.05, 0) is 54.1 Å². The third kappa shape index (κ3) is 4.85. The average Bonchev–Trinajstić information content (AvgIpc) is 2.75. The summed E-state index contributed by atoms with van der Waals surface area (Å²) in [5.74, 6) is -1.17. The molecule has 2 amide bonds. The van der Waals surface area contributed by atoms with E-state index in [0.717, 1.165) is 5.56 Å². The molecule has 0 radical (unpaired) electrons. The van der Waals surface area contributed by atoms with Gasteiger partial charge in [-0.1, -0.05) is 24.3 Å². The van der Waals surface area contributed by atoms with E-state index in [1.807, 2.05) is 0 Å². The molecule has 1 N–H and O–H groups in total. The number of nitrogens with one attached hydrogen (secondary N) is 1. The number of rotatable bonds is 5. The number of para-hydroxylation sites is 1. The molecule has 0 saturated heterocycles. The lowest BCUT2D eigenvalue weighted by Gasteiger charge is -2.17. The van der Waals surface area contributed by atoms with Crippen LogP contribution < -0.4 is 5.32 Å². The molecular formula is C23H18FN3O2. The van der Waals surface area contributed by atoms with Gasteiger partial charge in [-0.2, -0.15) is 5.26 Å². The van der Waals surface area contributed by atoms with Crippen LogP contribution in [0.5, 0.6) is 0 Å². The number of nitriles is 1. The molecular weight excluding hydrogens is 369 g/mol. The molecule has 0 saturated carbocycles. The number of anilines is 1. The van der Waals surface area contributed by atoms with Gasteiger partial charge >= 0.3 is 0 Å². The molecule has 3 aromatic rings. The molecule has 144 valence electrons. The number of carbonyl (C=O) groups excluding carboxylic acids is 2. The van der Waals surface area contributed by atoms with Crippen molar-refractivity contribution in [3.05, 3.63) is 101 Å². The van der Waals surface area contributed by atoms with E-state index in [9.17, 15) is 14.0 Å². The Morgan fingerprint density at radius 2 is 1.59 bits per heavy atom. The van der Waals surface area contributed by atoms with Crippen LogP contribution in [0.15, 0.2) is 72.8 Å². The minimum absolute atomic E-state index is 0.0970. The van der Waals surface area contributed by atoms with Gasteiger partial charge in [0, 0.05) is 24.7 Å². The SMILES string of the molecule is CN(Cc1ccc(C#N)cc1)C(=O)c1ccc(C(=O)Nc2ccccc2F)cc1. The summed E-state index contributed by atoms with van der Waals surface area (Å²) in [4.78, 5) is 26.4. The highest BCUT2D eigenvalue weighted by atomic mass is 19.1. The number of nitrogens with zero attached hydrogens (tertiary/aromatic N) is 2. The van der Waals surface area contributed by atoms with Gasteiger partial charge in [-0.25, -0.2) is 4.39 Å². The minimum Gasteiger partial charge on any atom is -0.337 e. The Hall–Kier alpha value is -3.98. The highest BCUT2D eigenvalue weighted by Gasteiger charge is 2.14. The van der Waals surface area contributed by atoms with Gasteiger partial charge in [-0.3, -0.25) is 9.59 Å². The quantitative estimate of drug-likeness (QED) is 0.712. The molecule has 0 spiro atoms. The van der Waals surface area contributed by atoms with E-state index in [2.05, 4.69) is 11.4 Å². The fourth-order valence-corrected chi connectivity index (χ4v) is 2.77. The van der Waals surface area contributed by atoms with Crippen molar-refractivity contribution in [2.75, 3.05) is 12.4 Å². The van der Waals surface area contributed by atoms with Crippen molar-refractivity contribution in [1.29, 1.82) is 5.26 Å². The summed E-state index contributed by atoms with van der Waals surface area (Å²) in [5.41, 5.74) is 2.32. The van der Waals surface area contributed by atoms with Gasteiger partial charge in [0.25, 0.3) is 11.8 Å². The zero-order chi connectivity index (χ0) is 20.8. The van der Waals surface area contributed by atoms with Gasteiger partial charge in [0.2, 0.25) is 0 Å². The first-order chi connectivity index (χ1) is 14.0. The second-order valence-corrected chi connectivity index (χ2v) is 6.48. The Balaban J connectivity index is 1.65. The summed E-state index contributed by atoms with van der Waals surface area (Å²) in [6.45, 7) is 0.389. The van der Waals surface area contributed by atoms with Crippen LogP contribution in [0.25, 0.3) is 0 Å². The number of carbonyl (C=O) groups is 2. The summed E-state index contributed by atoms with van der Waals surface area (Å²) < 4.78 is 13.7. The zero-order valence-electron chi connectivity index (χ0n) is 15.7. The number of amides is 2. The monoisotopic (exact) mass is 387 g/mol. The van der Waals surface area contributed by atoms with Crippen molar-refractivity contribution >= 4 is 17.5 Å². The van der Waals surface area contributed by atoms with E-state index in [-0.39, 0.29) is 11.6 Å². The maximum Gasteiger partial charge on any atom is 0.255 e. The molecule has 0 bridgehead atoms. The van der Waals surface area contributed by atoms with E-state index in [0.29, 0.717) is 23.2 Å². The number of benzene rings is 3. The van der Waals surface area contributed by atoms with Crippen LogP contribution in [-0.4, -0.2) is 23.8 Å². The van der Waals surface area contributed by atoms with Crippen molar-refractivity contribution in [3.63, 3.8) is 0 Å². The van der Waals surface area contributed by atoms with Crippen LogP contribution in [-0.2, 0) is 6.54 Å². The van der Waals surface area contributed by atoms with E-state index in [4.69, 9.17) is 5.26 Å². The van der Waals surface area contributed by atoms with E-state index in [1.54, 1.807) is 60.5 Å². The van der Waals surface area contributed by atoms with E-state index >= 15 is 0 Å². The summed E-state index contributed by atoms with van der Waals surface area (Å²) >= 11 is 0.